The average molecular weight is 277 g/mol. The molecule has 0 aliphatic carbocycles. The number of nitrogens with zero attached hydrogens (tertiary/aromatic N) is 4. The number of hydrogen-bond donors (Lipinski definition) is 1. The fraction of sp³-hybridized carbons (Fsp3) is 0.643. The molecule has 1 amide bonds. The summed E-state index contributed by atoms with van der Waals surface area (Å²) in [5.74, 6) is 1.83. The topological polar surface area (TPSA) is 75.4 Å². The van der Waals surface area contributed by atoms with Gasteiger partial charge < -0.3 is 15.5 Å². The Morgan fingerprint density at radius 3 is 2.95 bits per heavy atom. The van der Waals surface area contributed by atoms with E-state index >= 15 is 0 Å². The van der Waals surface area contributed by atoms with E-state index in [0.717, 1.165) is 43.3 Å². The van der Waals surface area contributed by atoms with Crippen LogP contribution in [0.2, 0.25) is 0 Å². The number of likely N-dealkylation sites (N-methyl/N-ethyl adjacent to an activating group) is 1. The van der Waals surface area contributed by atoms with Crippen LogP contribution in [-0.2, 0) is 11.2 Å². The molecule has 1 fully saturated rings. The minimum atomic E-state index is 0.111. The quantitative estimate of drug-likeness (QED) is 0.859. The van der Waals surface area contributed by atoms with Crippen LogP contribution >= 0.6 is 0 Å². The highest BCUT2D eigenvalue weighted by molar-refractivity contribution is 5.73. The zero-order chi connectivity index (χ0) is 14.7. The van der Waals surface area contributed by atoms with E-state index in [-0.39, 0.29) is 11.9 Å². The van der Waals surface area contributed by atoms with Gasteiger partial charge in [0.1, 0.15) is 11.6 Å². The van der Waals surface area contributed by atoms with Gasteiger partial charge in [-0.25, -0.2) is 9.97 Å². The number of aryl methyl sites for hydroxylation is 1. The van der Waals surface area contributed by atoms with Gasteiger partial charge in [0.25, 0.3) is 0 Å². The van der Waals surface area contributed by atoms with Crippen LogP contribution in [0.15, 0.2) is 6.07 Å². The molecular formula is C14H23N5O. The Kier molecular flexibility index (Phi) is 4.54. The SMILES string of the molecule is CC(=O)N(C)[C@@H]1CCN(c2cc(CCN)nc(C)n2)C1. The maximum Gasteiger partial charge on any atom is 0.219 e. The molecule has 6 heteroatoms. The van der Waals surface area contributed by atoms with Gasteiger partial charge in [-0.1, -0.05) is 0 Å². The van der Waals surface area contributed by atoms with Gasteiger partial charge >= 0.3 is 0 Å². The molecule has 0 bridgehead atoms. The lowest BCUT2D eigenvalue weighted by molar-refractivity contribution is -0.129. The molecule has 2 N–H and O–H groups in total. The number of carbonyl (C=O) groups excluding carboxylic acids is 1. The molecule has 1 aliphatic heterocycles. The smallest absolute Gasteiger partial charge is 0.219 e. The molecule has 0 saturated carbocycles. The fourth-order valence-corrected chi connectivity index (χ4v) is 2.57. The highest BCUT2D eigenvalue weighted by Crippen LogP contribution is 2.21. The summed E-state index contributed by atoms with van der Waals surface area (Å²) in [7, 11) is 1.86. The molecule has 2 heterocycles. The third-order valence-electron chi connectivity index (χ3n) is 3.81. The summed E-state index contributed by atoms with van der Waals surface area (Å²) < 4.78 is 0. The van der Waals surface area contributed by atoms with Gasteiger partial charge in [0.2, 0.25) is 5.91 Å². The number of anilines is 1. The second-order valence-electron chi connectivity index (χ2n) is 5.32. The summed E-state index contributed by atoms with van der Waals surface area (Å²) in [4.78, 5) is 24.4. The lowest BCUT2D eigenvalue weighted by atomic mass is 10.2. The lowest BCUT2D eigenvalue weighted by Crippen LogP contribution is -2.37. The molecule has 0 aromatic carbocycles. The zero-order valence-corrected chi connectivity index (χ0v) is 12.5. The molecule has 20 heavy (non-hydrogen) atoms. The van der Waals surface area contributed by atoms with Gasteiger partial charge in [0.05, 0.1) is 6.04 Å². The molecule has 1 aromatic heterocycles. The molecule has 0 radical (unpaired) electrons. The van der Waals surface area contributed by atoms with E-state index in [1.54, 1.807) is 6.92 Å². The number of amides is 1. The monoisotopic (exact) mass is 277 g/mol. The standard InChI is InChI=1S/C14H23N5O/c1-10-16-12(4-6-15)8-14(17-10)19-7-5-13(9-19)18(3)11(2)20/h8,13H,4-7,9,15H2,1-3H3/t13-/m1/s1. The second-order valence-corrected chi connectivity index (χ2v) is 5.32. The normalized spacial score (nSPS) is 18.4. The van der Waals surface area contributed by atoms with E-state index in [1.165, 1.54) is 0 Å². The van der Waals surface area contributed by atoms with Crippen molar-refractivity contribution < 1.29 is 4.79 Å². The molecule has 1 aromatic rings. The average Bonchev–Trinajstić information content (AvgIpc) is 2.87. The summed E-state index contributed by atoms with van der Waals surface area (Å²) in [6, 6.07) is 2.27. The van der Waals surface area contributed by atoms with E-state index in [2.05, 4.69) is 14.9 Å². The van der Waals surface area contributed by atoms with Crippen molar-refractivity contribution in [1.29, 1.82) is 0 Å². The predicted molar refractivity (Wildman–Crippen MR) is 78.6 cm³/mol. The van der Waals surface area contributed by atoms with Crippen LogP contribution in [0.25, 0.3) is 0 Å². The van der Waals surface area contributed by atoms with Gasteiger partial charge in [-0.15, -0.1) is 0 Å². The molecule has 0 spiro atoms. The third-order valence-corrected chi connectivity index (χ3v) is 3.81. The van der Waals surface area contributed by atoms with E-state index in [4.69, 9.17) is 5.73 Å². The minimum Gasteiger partial charge on any atom is -0.354 e. The van der Waals surface area contributed by atoms with Gasteiger partial charge in [0, 0.05) is 45.2 Å². The fourth-order valence-electron chi connectivity index (χ4n) is 2.57. The first kappa shape index (κ1) is 14.7. The van der Waals surface area contributed by atoms with Crippen molar-refractivity contribution in [3.8, 4) is 0 Å². The Morgan fingerprint density at radius 2 is 2.30 bits per heavy atom. The van der Waals surface area contributed by atoms with Crippen molar-refractivity contribution in [2.75, 3.05) is 31.6 Å². The maximum atomic E-state index is 11.4. The van der Waals surface area contributed by atoms with Crippen LogP contribution in [0.5, 0.6) is 0 Å². The van der Waals surface area contributed by atoms with Crippen molar-refractivity contribution in [3.05, 3.63) is 17.6 Å². The highest BCUT2D eigenvalue weighted by Gasteiger charge is 2.28. The Hall–Kier alpha value is -1.69. The van der Waals surface area contributed by atoms with Crippen LogP contribution < -0.4 is 10.6 Å². The molecule has 2 rings (SSSR count). The third kappa shape index (κ3) is 3.25. The van der Waals surface area contributed by atoms with Crippen molar-refractivity contribution in [3.63, 3.8) is 0 Å². The number of rotatable bonds is 4. The van der Waals surface area contributed by atoms with Gasteiger partial charge in [-0.2, -0.15) is 0 Å². The number of carbonyl (C=O) groups is 1. The van der Waals surface area contributed by atoms with Crippen LogP contribution in [0.1, 0.15) is 24.9 Å². The molecular weight excluding hydrogens is 254 g/mol. The predicted octanol–water partition coefficient (Wildman–Crippen LogP) is 0.343. The largest absolute Gasteiger partial charge is 0.354 e. The maximum absolute atomic E-state index is 11.4. The lowest BCUT2D eigenvalue weighted by Gasteiger charge is -2.24. The van der Waals surface area contributed by atoms with E-state index in [0.29, 0.717) is 6.54 Å². The second kappa shape index (κ2) is 6.17. The van der Waals surface area contributed by atoms with Crippen molar-refractivity contribution in [2.45, 2.75) is 32.7 Å². The first-order valence-corrected chi connectivity index (χ1v) is 7.04. The summed E-state index contributed by atoms with van der Waals surface area (Å²) in [6.07, 6.45) is 1.74. The summed E-state index contributed by atoms with van der Waals surface area (Å²) in [5, 5.41) is 0. The Labute approximate surface area is 120 Å². The molecule has 0 unspecified atom stereocenters. The Bertz CT molecular complexity index is 490. The molecule has 1 atom stereocenters. The van der Waals surface area contributed by atoms with E-state index < -0.39 is 0 Å². The molecule has 110 valence electrons. The van der Waals surface area contributed by atoms with Crippen LogP contribution in [0.4, 0.5) is 5.82 Å². The van der Waals surface area contributed by atoms with Crippen molar-refractivity contribution in [2.24, 2.45) is 5.73 Å². The first-order chi connectivity index (χ1) is 9.51. The summed E-state index contributed by atoms with van der Waals surface area (Å²) >= 11 is 0. The molecule has 6 nitrogen and oxygen atoms in total. The van der Waals surface area contributed by atoms with Crippen LogP contribution in [0, 0.1) is 6.92 Å². The number of nitrogens with two attached hydrogens (primary N) is 1. The van der Waals surface area contributed by atoms with Crippen molar-refractivity contribution >= 4 is 11.7 Å². The van der Waals surface area contributed by atoms with E-state index in [1.807, 2.05) is 24.9 Å². The summed E-state index contributed by atoms with van der Waals surface area (Å²) in [6.45, 7) is 5.84. The van der Waals surface area contributed by atoms with Crippen LogP contribution in [0.3, 0.4) is 0 Å². The Morgan fingerprint density at radius 1 is 1.55 bits per heavy atom. The van der Waals surface area contributed by atoms with Crippen LogP contribution in [-0.4, -0.2) is 53.5 Å². The van der Waals surface area contributed by atoms with Gasteiger partial charge in [-0.05, 0) is 19.9 Å². The zero-order valence-electron chi connectivity index (χ0n) is 12.5. The highest BCUT2D eigenvalue weighted by atomic mass is 16.2. The van der Waals surface area contributed by atoms with Gasteiger partial charge in [0.15, 0.2) is 0 Å². The minimum absolute atomic E-state index is 0.111. The Balaban J connectivity index is 2.11. The van der Waals surface area contributed by atoms with Gasteiger partial charge in [-0.3, -0.25) is 4.79 Å². The van der Waals surface area contributed by atoms with E-state index in [9.17, 15) is 4.79 Å². The number of hydrogen-bond acceptors (Lipinski definition) is 5. The first-order valence-electron chi connectivity index (χ1n) is 7.04. The molecule has 1 saturated heterocycles. The van der Waals surface area contributed by atoms with Crippen molar-refractivity contribution in [1.82, 2.24) is 14.9 Å². The molecule has 1 aliphatic rings. The summed E-state index contributed by atoms with van der Waals surface area (Å²) in [5.41, 5.74) is 6.58. The number of aromatic nitrogens is 2.